The number of carboxylic acid groups (broad SMARTS) is 1. The van der Waals surface area contributed by atoms with Crippen molar-refractivity contribution in [3.63, 3.8) is 0 Å². The minimum Gasteiger partial charge on any atom is -0.480 e. The number of carboxylic acids is 1. The second-order valence-corrected chi connectivity index (χ2v) is 10.6. The van der Waals surface area contributed by atoms with E-state index in [9.17, 15) is 19.5 Å². The molecule has 0 saturated carbocycles. The van der Waals surface area contributed by atoms with Crippen LogP contribution in [0, 0.1) is 11.3 Å². The monoisotopic (exact) mass is 525 g/mol. The first-order chi connectivity index (χ1) is 17.7. The van der Waals surface area contributed by atoms with Gasteiger partial charge in [-0.1, -0.05) is 97.8 Å². The van der Waals surface area contributed by atoms with Gasteiger partial charge in [0.1, 0.15) is 12.1 Å². The first-order valence-corrected chi connectivity index (χ1v) is 14.6. The number of hydrogen-bond donors (Lipinski definition) is 6. The molecule has 0 bridgehead atoms. The van der Waals surface area contributed by atoms with Crippen molar-refractivity contribution in [2.24, 2.45) is 11.7 Å². The van der Waals surface area contributed by atoms with Crippen molar-refractivity contribution < 1.29 is 19.5 Å². The molecule has 2 amide bonds. The largest absolute Gasteiger partial charge is 0.480 e. The molecule has 0 aliphatic carbocycles. The quantitative estimate of drug-likeness (QED) is 0.0602. The normalized spacial score (nSPS) is 12.6. The van der Waals surface area contributed by atoms with Gasteiger partial charge in [0, 0.05) is 13.0 Å². The van der Waals surface area contributed by atoms with Gasteiger partial charge in [-0.2, -0.15) is 0 Å². The number of nitrogens with one attached hydrogen (secondary N) is 4. The van der Waals surface area contributed by atoms with Crippen LogP contribution in [-0.4, -0.2) is 47.5 Å². The fraction of sp³-hybridized carbons (Fsp3) is 0.857. The van der Waals surface area contributed by atoms with E-state index in [4.69, 9.17) is 11.1 Å². The SMILES string of the molecule is CCCCCCCCCCCCCCCC(=O)N[C@@H](CC(C)C)C(=O)N[C@@H](CCCNC(=N)N)C(=O)O. The van der Waals surface area contributed by atoms with Crippen LogP contribution >= 0.6 is 0 Å². The molecule has 9 heteroatoms. The third kappa shape index (κ3) is 21.5. The molecule has 0 fully saturated rings. The fourth-order valence-electron chi connectivity index (χ4n) is 4.33. The zero-order valence-corrected chi connectivity index (χ0v) is 23.7. The lowest BCUT2D eigenvalue weighted by atomic mass is 10.0. The van der Waals surface area contributed by atoms with E-state index in [0.717, 1.165) is 19.3 Å². The summed E-state index contributed by atoms with van der Waals surface area (Å²) in [5.74, 6) is -1.78. The summed E-state index contributed by atoms with van der Waals surface area (Å²) >= 11 is 0. The van der Waals surface area contributed by atoms with Crippen LogP contribution < -0.4 is 21.7 Å². The van der Waals surface area contributed by atoms with Crippen molar-refractivity contribution >= 4 is 23.7 Å². The molecule has 0 radical (unpaired) electrons. The molecule has 37 heavy (non-hydrogen) atoms. The van der Waals surface area contributed by atoms with E-state index in [2.05, 4.69) is 22.9 Å². The fourth-order valence-corrected chi connectivity index (χ4v) is 4.33. The molecule has 0 heterocycles. The van der Waals surface area contributed by atoms with Gasteiger partial charge in [0.25, 0.3) is 0 Å². The first kappa shape index (κ1) is 34.7. The van der Waals surface area contributed by atoms with Gasteiger partial charge in [0.15, 0.2) is 5.96 Å². The van der Waals surface area contributed by atoms with Gasteiger partial charge in [0.05, 0.1) is 0 Å². The van der Waals surface area contributed by atoms with E-state index in [-0.39, 0.29) is 24.2 Å². The molecule has 0 aliphatic heterocycles. The van der Waals surface area contributed by atoms with Crippen molar-refractivity contribution in [1.82, 2.24) is 16.0 Å². The Bertz CT molecular complexity index is 642. The average molecular weight is 526 g/mol. The summed E-state index contributed by atoms with van der Waals surface area (Å²) in [4.78, 5) is 36.9. The predicted octanol–water partition coefficient (Wildman–Crippen LogP) is 4.83. The third-order valence-electron chi connectivity index (χ3n) is 6.47. The minimum atomic E-state index is -1.13. The van der Waals surface area contributed by atoms with Crippen LogP contribution in [0.3, 0.4) is 0 Å². The van der Waals surface area contributed by atoms with Crippen molar-refractivity contribution in [2.75, 3.05) is 6.54 Å². The van der Waals surface area contributed by atoms with E-state index in [1.54, 1.807) is 0 Å². The van der Waals surface area contributed by atoms with Gasteiger partial charge < -0.3 is 26.8 Å². The summed E-state index contributed by atoms with van der Waals surface area (Å²) in [5.41, 5.74) is 5.22. The van der Waals surface area contributed by atoms with Crippen LogP contribution in [-0.2, 0) is 14.4 Å². The van der Waals surface area contributed by atoms with Gasteiger partial charge in [0.2, 0.25) is 11.8 Å². The summed E-state index contributed by atoms with van der Waals surface area (Å²) in [7, 11) is 0. The highest BCUT2D eigenvalue weighted by molar-refractivity contribution is 5.90. The van der Waals surface area contributed by atoms with E-state index in [1.807, 2.05) is 13.8 Å². The Kier molecular flexibility index (Phi) is 21.4. The molecular formula is C28H55N5O4. The average Bonchev–Trinajstić information content (AvgIpc) is 2.82. The van der Waals surface area contributed by atoms with E-state index in [1.165, 1.54) is 64.2 Å². The predicted molar refractivity (Wildman–Crippen MR) is 150 cm³/mol. The first-order valence-electron chi connectivity index (χ1n) is 14.6. The Hall–Kier alpha value is -2.32. The highest BCUT2D eigenvalue weighted by Gasteiger charge is 2.26. The second-order valence-electron chi connectivity index (χ2n) is 10.6. The molecule has 216 valence electrons. The molecule has 0 spiro atoms. The highest BCUT2D eigenvalue weighted by Crippen LogP contribution is 2.13. The maximum Gasteiger partial charge on any atom is 0.326 e. The van der Waals surface area contributed by atoms with Crippen LogP contribution in [0.5, 0.6) is 0 Å². The summed E-state index contributed by atoms with van der Waals surface area (Å²) in [5, 5.41) is 24.6. The molecule has 7 N–H and O–H groups in total. The van der Waals surface area contributed by atoms with Crippen LogP contribution in [0.2, 0.25) is 0 Å². The van der Waals surface area contributed by atoms with Gasteiger partial charge in [-0.25, -0.2) is 4.79 Å². The van der Waals surface area contributed by atoms with Gasteiger partial charge in [-0.05, 0) is 31.6 Å². The Morgan fingerprint density at radius 3 is 1.76 bits per heavy atom. The van der Waals surface area contributed by atoms with Crippen molar-refractivity contribution in [2.45, 2.75) is 142 Å². The Labute approximate surface area is 225 Å². The third-order valence-corrected chi connectivity index (χ3v) is 6.47. The second kappa shape index (κ2) is 22.8. The van der Waals surface area contributed by atoms with Crippen molar-refractivity contribution in [1.29, 1.82) is 5.41 Å². The molecule has 0 saturated heterocycles. The van der Waals surface area contributed by atoms with E-state index >= 15 is 0 Å². The minimum absolute atomic E-state index is 0.162. The highest BCUT2D eigenvalue weighted by atomic mass is 16.4. The van der Waals surface area contributed by atoms with Crippen LogP contribution in [0.1, 0.15) is 130 Å². The molecule has 0 aliphatic rings. The number of unbranched alkanes of at least 4 members (excludes halogenated alkanes) is 12. The zero-order valence-electron chi connectivity index (χ0n) is 23.7. The van der Waals surface area contributed by atoms with Crippen LogP contribution in [0.15, 0.2) is 0 Å². The number of guanidine groups is 1. The zero-order chi connectivity index (χ0) is 27.9. The van der Waals surface area contributed by atoms with Gasteiger partial charge >= 0.3 is 5.97 Å². The number of hydrogen-bond acceptors (Lipinski definition) is 4. The number of amides is 2. The summed E-state index contributed by atoms with van der Waals surface area (Å²) < 4.78 is 0. The van der Waals surface area contributed by atoms with Crippen LogP contribution in [0.25, 0.3) is 0 Å². The summed E-state index contributed by atoms with van der Waals surface area (Å²) in [6.07, 6.45) is 17.5. The molecular weight excluding hydrogens is 470 g/mol. The number of rotatable bonds is 24. The standard InChI is InChI=1S/C28H55N5O4/c1-4-5-6-7-8-9-10-11-12-13-14-15-16-19-25(34)32-24(21-22(2)3)26(35)33-23(27(36)37)18-17-20-31-28(29)30/h22-24H,4-21H2,1-3H3,(H,32,34)(H,33,35)(H,36,37)(H4,29,30,31)/t23-,24-/m0/s1. The van der Waals surface area contributed by atoms with E-state index in [0.29, 0.717) is 25.8 Å². The maximum absolute atomic E-state index is 12.8. The lowest BCUT2D eigenvalue weighted by molar-refractivity contribution is -0.142. The smallest absolute Gasteiger partial charge is 0.326 e. The Morgan fingerprint density at radius 1 is 0.784 bits per heavy atom. The number of carbonyl (C=O) groups excluding carboxylic acids is 2. The lowest BCUT2D eigenvalue weighted by Crippen LogP contribution is -2.52. The van der Waals surface area contributed by atoms with Gasteiger partial charge in [-0.15, -0.1) is 0 Å². The van der Waals surface area contributed by atoms with Gasteiger partial charge in [-0.3, -0.25) is 15.0 Å². The van der Waals surface area contributed by atoms with Crippen LogP contribution in [0.4, 0.5) is 0 Å². The number of nitrogens with two attached hydrogens (primary N) is 1. The van der Waals surface area contributed by atoms with Crippen molar-refractivity contribution in [3.8, 4) is 0 Å². The lowest BCUT2D eigenvalue weighted by Gasteiger charge is -2.23. The molecule has 9 nitrogen and oxygen atoms in total. The van der Waals surface area contributed by atoms with E-state index < -0.39 is 24.0 Å². The molecule has 2 atom stereocenters. The maximum atomic E-state index is 12.8. The summed E-state index contributed by atoms with van der Waals surface area (Å²) in [6, 6.07) is -1.82. The number of carbonyl (C=O) groups is 3. The molecule has 0 aromatic carbocycles. The topological polar surface area (TPSA) is 157 Å². The molecule has 0 rings (SSSR count). The van der Waals surface area contributed by atoms with Crippen molar-refractivity contribution in [3.05, 3.63) is 0 Å². The summed E-state index contributed by atoms with van der Waals surface area (Å²) in [6.45, 7) is 6.51. The molecule has 0 unspecified atom stereocenters. The Morgan fingerprint density at radius 2 is 1.30 bits per heavy atom. The Balaban J connectivity index is 4.23. The molecule has 0 aromatic heterocycles. The molecule has 0 aromatic rings. The number of aliphatic carboxylic acids is 1.